The fraction of sp³-hybridized carbons (Fsp3) is 0. The summed E-state index contributed by atoms with van der Waals surface area (Å²) < 4.78 is 9.50. The zero-order valence-corrected chi connectivity index (χ0v) is 8.41. The van der Waals surface area contributed by atoms with Gasteiger partial charge in [0.25, 0.3) is 0 Å². The van der Waals surface area contributed by atoms with Gasteiger partial charge in [-0.15, -0.1) is 0 Å². The molecule has 0 spiro atoms. The van der Waals surface area contributed by atoms with Crippen LogP contribution in [-0.4, -0.2) is 12.6 Å². The van der Waals surface area contributed by atoms with E-state index >= 15 is 0 Å². The van der Waals surface area contributed by atoms with Gasteiger partial charge in [0.15, 0.2) is 12.0 Å². The standard InChI is InChI=1S/C7H6O2.C5H4O2/c8-5-1-3-7-4-2-6-9-7;6-4-5-2-1-3-7-5/h1-6H;1-4H/b3-1+;. The Kier molecular flexibility index (Phi) is 5.13. The minimum Gasteiger partial charge on any atom is -0.465 e. The topological polar surface area (TPSA) is 60.4 Å². The van der Waals surface area contributed by atoms with Gasteiger partial charge in [0.1, 0.15) is 12.0 Å². The van der Waals surface area contributed by atoms with Crippen LogP contribution in [0.2, 0.25) is 0 Å². The van der Waals surface area contributed by atoms with E-state index in [4.69, 9.17) is 4.42 Å². The van der Waals surface area contributed by atoms with Gasteiger partial charge in [0, 0.05) is 0 Å². The summed E-state index contributed by atoms with van der Waals surface area (Å²) in [4.78, 5) is 19.5. The van der Waals surface area contributed by atoms with Crippen LogP contribution in [0, 0.1) is 0 Å². The van der Waals surface area contributed by atoms with Crippen molar-refractivity contribution in [1.29, 1.82) is 0 Å². The Labute approximate surface area is 92.2 Å². The van der Waals surface area contributed by atoms with E-state index in [0.29, 0.717) is 24.1 Å². The van der Waals surface area contributed by atoms with Crippen LogP contribution in [-0.2, 0) is 4.79 Å². The Morgan fingerprint density at radius 3 is 1.94 bits per heavy atom. The molecule has 0 aliphatic rings. The van der Waals surface area contributed by atoms with E-state index in [1.165, 1.54) is 12.3 Å². The van der Waals surface area contributed by atoms with Crippen molar-refractivity contribution in [2.45, 2.75) is 0 Å². The highest BCUT2D eigenvalue weighted by Crippen LogP contribution is 2.00. The highest BCUT2D eigenvalue weighted by atomic mass is 16.3. The minimum atomic E-state index is 0.375. The van der Waals surface area contributed by atoms with Gasteiger partial charge in [-0.05, 0) is 36.4 Å². The van der Waals surface area contributed by atoms with Gasteiger partial charge < -0.3 is 8.83 Å². The van der Waals surface area contributed by atoms with Crippen molar-refractivity contribution in [2.75, 3.05) is 0 Å². The van der Waals surface area contributed by atoms with E-state index in [2.05, 4.69) is 4.42 Å². The Hall–Kier alpha value is -2.36. The van der Waals surface area contributed by atoms with Gasteiger partial charge >= 0.3 is 0 Å². The summed E-state index contributed by atoms with van der Waals surface area (Å²) in [5, 5.41) is 0. The van der Waals surface area contributed by atoms with Crippen LogP contribution in [0.1, 0.15) is 16.3 Å². The van der Waals surface area contributed by atoms with Crippen LogP contribution in [0.3, 0.4) is 0 Å². The monoisotopic (exact) mass is 218 g/mol. The molecule has 2 aromatic heterocycles. The summed E-state index contributed by atoms with van der Waals surface area (Å²) in [5.41, 5.74) is 0. The first kappa shape index (κ1) is 11.7. The number of aldehydes is 2. The fourth-order valence-corrected chi connectivity index (χ4v) is 0.879. The number of hydrogen-bond acceptors (Lipinski definition) is 4. The molecule has 2 heterocycles. The molecule has 2 aromatic rings. The molecular formula is C12H10O4. The van der Waals surface area contributed by atoms with Crippen LogP contribution in [0.15, 0.2) is 51.7 Å². The molecule has 82 valence electrons. The summed E-state index contributed by atoms with van der Waals surface area (Å²) in [5.74, 6) is 1.07. The van der Waals surface area contributed by atoms with E-state index in [1.54, 1.807) is 36.6 Å². The molecule has 0 amide bonds. The first-order chi connectivity index (χ1) is 7.86. The molecule has 0 radical (unpaired) electrons. The smallest absolute Gasteiger partial charge is 0.185 e. The second-order valence-electron chi connectivity index (χ2n) is 2.64. The third-order valence-corrected chi connectivity index (χ3v) is 1.54. The lowest BCUT2D eigenvalue weighted by Gasteiger charge is -1.76. The summed E-state index contributed by atoms with van der Waals surface area (Å²) in [6.07, 6.45) is 7.39. The number of allylic oxidation sites excluding steroid dienone is 1. The predicted molar refractivity (Wildman–Crippen MR) is 57.9 cm³/mol. The molecule has 0 unspecified atom stereocenters. The first-order valence-electron chi connectivity index (χ1n) is 4.51. The van der Waals surface area contributed by atoms with Crippen LogP contribution >= 0.6 is 0 Å². The molecule has 0 N–H and O–H groups in total. The molecule has 0 aliphatic carbocycles. The normalized spacial score (nSPS) is 9.50. The largest absolute Gasteiger partial charge is 0.465 e. The molecule has 0 saturated carbocycles. The van der Waals surface area contributed by atoms with Crippen molar-refractivity contribution in [1.82, 2.24) is 0 Å². The average molecular weight is 218 g/mol. The number of furan rings is 2. The van der Waals surface area contributed by atoms with Gasteiger partial charge in [0.05, 0.1) is 12.5 Å². The van der Waals surface area contributed by atoms with Crippen molar-refractivity contribution in [3.05, 3.63) is 54.4 Å². The molecule has 16 heavy (non-hydrogen) atoms. The quantitative estimate of drug-likeness (QED) is 0.586. The maximum absolute atomic E-state index is 9.77. The Balaban J connectivity index is 0.000000165. The van der Waals surface area contributed by atoms with Gasteiger partial charge in [-0.25, -0.2) is 0 Å². The van der Waals surface area contributed by atoms with E-state index in [1.807, 2.05) is 0 Å². The first-order valence-corrected chi connectivity index (χ1v) is 4.51. The van der Waals surface area contributed by atoms with Crippen LogP contribution in [0.5, 0.6) is 0 Å². The predicted octanol–water partition coefficient (Wildman–Crippen LogP) is 2.58. The molecule has 2 rings (SSSR count). The molecule has 0 aliphatic heterocycles. The Morgan fingerprint density at radius 2 is 1.56 bits per heavy atom. The lowest BCUT2D eigenvalue weighted by atomic mass is 10.4. The third kappa shape index (κ3) is 4.23. The number of carbonyl (C=O) groups is 2. The van der Waals surface area contributed by atoms with Gasteiger partial charge in [-0.1, -0.05) is 0 Å². The van der Waals surface area contributed by atoms with E-state index in [9.17, 15) is 9.59 Å². The number of hydrogen-bond donors (Lipinski definition) is 0. The van der Waals surface area contributed by atoms with Gasteiger partial charge in [-0.3, -0.25) is 9.59 Å². The zero-order valence-electron chi connectivity index (χ0n) is 8.41. The van der Waals surface area contributed by atoms with Crippen LogP contribution in [0.4, 0.5) is 0 Å². The van der Waals surface area contributed by atoms with Crippen molar-refractivity contribution >= 4 is 18.6 Å². The maximum Gasteiger partial charge on any atom is 0.185 e. The third-order valence-electron chi connectivity index (χ3n) is 1.54. The average Bonchev–Trinajstić information content (AvgIpc) is 3.00. The van der Waals surface area contributed by atoms with Gasteiger partial charge in [0.2, 0.25) is 0 Å². The molecule has 0 bridgehead atoms. The second kappa shape index (κ2) is 7.00. The van der Waals surface area contributed by atoms with E-state index in [-0.39, 0.29) is 0 Å². The van der Waals surface area contributed by atoms with Crippen molar-refractivity contribution < 1.29 is 18.4 Å². The SMILES string of the molecule is O=C/C=C/c1ccco1.O=Cc1ccco1. The van der Waals surface area contributed by atoms with Crippen molar-refractivity contribution in [3.63, 3.8) is 0 Å². The van der Waals surface area contributed by atoms with Crippen molar-refractivity contribution in [2.24, 2.45) is 0 Å². The molecule has 4 heteroatoms. The van der Waals surface area contributed by atoms with E-state index in [0.717, 1.165) is 0 Å². The Bertz CT molecular complexity index is 424. The van der Waals surface area contributed by atoms with E-state index < -0.39 is 0 Å². The maximum atomic E-state index is 9.77. The molecule has 0 saturated heterocycles. The number of rotatable bonds is 3. The highest BCUT2D eigenvalue weighted by Gasteiger charge is 1.84. The number of carbonyl (C=O) groups excluding carboxylic acids is 2. The summed E-state index contributed by atoms with van der Waals surface area (Å²) in [7, 11) is 0. The summed E-state index contributed by atoms with van der Waals surface area (Å²) in [6, 6.07) is 6.82. The fourth-order valence-electron chi connectivity index (χ4n) is 0.879. The molecule has 0 aromatic carbocycles. The lowest BCUT2D eigenvalue weighted by Crippen LogP contribution is -1.65. The zero-order chi connectivity index (χ0) is 11.6. The molecule has 0 fully saturated rings. The van der Waals surface area contributed by atoms with Gasteiger partial charge in [-0.2, -0.15) is 0 Å². The van der Waals surface area contributed by atoms with Crippen LogP contribution < -0.4 is 0 Å². The molecule has 4 nitrogen and oxygen atoms in total. The minimum absolute atomic E-state index is 0.375. The molecular weight excluding hydrogens is 208 g/mol. The summed E-state index contributed by atoms with van der Waals surface area (Å²) >= 11 is 0. The second-order valence-corrected chi connectivity index (χ2v) is 2.64. The summed E-state index contributed by atoms with van der Waals surface area (Å²) in [6.45, 7) is 0. The van der Waals surface area contributed by atoms with Crippen LogP contribution in [0.25, 0.3) is 6.08 Å². The molecule has 0 atom stereocenters. The highest BCUT2D eigenvalue weighted by molar-refractivity contribution is 5.72. The van der Waals surface area contributed by atoms with Crippen molar-refractivity contribution in [3.8, 4) is 0 Å². The lowest BCUT2D eigenvalue weighted by molar-refractivity contribution is -0.104. The Morgan fingerprint density at radius 1 is 0.938 bits per heavy atom.